The van der Waals surface area contributed by atoms with Gasteiger partial charge in [0.25, 0.3) is 5.56 Å². The van der Waals surface area contributed by atoms with E-state index < -0.39 is 0 Å². The van der Waals surface area contributed by atoms with Crippen molar-refractivity contribution in [2.45, 2.75) is 25.9 Å². The quantitative estimate of drug-likeness (QED) is 0.872. The maximum atomic E-state index is 12.2. The highest BCUT2D eigenvalue weighted by atomic mass is 35.5. The first-order chi connectivity index (χ1) is 9.24. The zero-order chi connectivity index (χ0) is 13.2. The summed E-state index contributed by atoms with van der Waals surface area (Å²) in [4.78, 5) is 19.3. The van der Waals surface area contributed by atoms with E-state index in [4.69, 9.17) is 11.6 Å². The molecule has 0 amide bonds. The summed E-state index contributed by atoms with van der Waals surface area (Å²) in [6.07, 6.45) is 7.25. The van der Waals surface area contributed by atoms with Gasteiger partial charge in [0, 0.05) is 18.9 Å². The van der Waals surface area contributed by atoms with Gasteiger partial charge in [-0.25, -0.2) is 9.67 Å². The molecule has 1 fully saturated rings. The summed E-state index contributed by atoms with van der Waals surface area (Å²) < 4.78 is 1.48. The lowest BCUT2D eigenvalue weighted by molar-refractivity contribution is 0.534. The van der Waals surface area contributed by atoms with Gasteiger partial charge in [-0.3, -0.25) is 4.79 Å². The molecule has 0 saturated heterocycles. The van der Waals surface area contributed by atoms with Crippen LogP contribution in [0.3, 0.4) is 0 Å². The van der Waals surface area contributed by atoms with Gasteiger partial charge in [-0.15, -0.1) is 0 Å². The lowest BCUT2D eigenvalue weighted by atomic mass is 10.4. The average Bonchev–Trinajstić information content (AvgIpc) is 3.06. The molecule has 0 aromatic carbocycles. The first-order valence-corrected chi connectivity index (χ1v) is 6.59. The molecule has 1 saturated carbocycles. The van der Waals surface area contributed by atoms with E-state index in [-0.39, 0.29) is 5.56 Å². The fourth-order valence-corrected chi connectivity index (χ4v) is 2.06. The van der Waals surface area contributed by atoms with Crippen LogP contribution in [0.25, 0.3) is 0 Å². The number of hydrogen-bond acceptors (Lipinski definition) is 4. The predicted octanol–water partition coefficient (Wildman–Crippen LogP) is 1.64. The maximum absolute atomic E-state index is 12.2. The van der Waals surface area contributed by atoms with Gasteiger partial charge in [0.05, 0.1) is 17.8 Å². The molecule has 0 aliphatic heterocycles. The van der Waals surface area contributed by atoms with Crippen LogP contribution in [0.2, 0.25) is 5.02 Å². The molecule has 0 spiro atoms. The van der Waals surface area contributed by atoms with Crippen molar-refractivity contribution in [1.82, 2.24) is 19.7 Å². The van der Waals surface area contributed by atoms with Crippen molar-refractivity contribution < 1.29 is 0 Å². The third-order valence-electron chi connectivity index (χ3n) is 3.11. The van der Waals surface area contributed by atoms with E-state index in [1.807, 2.05) is 0 Å². The van der Waals surface area contributed by atoms with Crippen molar-refractivity contribution in [1.29, 1.82) is 0 Å². The van der Waals surface area contributed by atoms with Gasteiger partial charge >= 0.3 is 0 Å². The van der Waals surface area contributed by atoms with Crippen molar-refractivity contribution >= 4 is 17.3 Å². The summed E-state index contributed by atoms with van der Waals surface area (Å²) >= 11 is 6.02. The Balaban J connectivity index is 1.80. The van der Waals surface area contributed by atoms with Crippen LogP contribution in [0.5, 0.6) is 0 Å². The highest BCUT2D eigenvalue weighted by molar-refractivity contribution is 6.32. The Hall–Kier alpha value is -1.82. The number of nitrogens with zero attached hydrogens (tertiary/aromatic N) is 3. The highest BCUT2D eigenvalue weighted by Crippen LogP contribution is 2.30. The fraction of sp³-hybridized carbons (Fsp3) is 0.417. The van der Waals surface area contributed by atoms with Gasteiger partial charge in [-0.05, 0) is 18.8 Å². The smallest absolute Gasteiger partial charge is 0.291 e. The first kappa shape index (κ1) is 12.2. The molecule has 3 rings (SSSR count). The minimum atomic E-state index is -0.175. The molecule has 100 valence electrons. The summed E-state index contributed by atoms with van der Waals surface area (Å²) in [5.74, 6) is 1.34. The van der Waals surface area contributed by atoms with E-state index >= 15 is 0 Å². The fourth-order valence-electron chi connectivity index (χ4n) is 1.87. The number of aromatic nitrogens is 4. The SMILES string of the molecule is O=c1c(NCc2ncc[nH]2)c(Cl)cnn1CC1CC1. The Kier molecular flexibility index (Phi) is 3.25. The summed E-state index contributed by atoms with van der Waals surface area (Å²) in [6.45, 7) is 1.10. The minimum Gasteiger partial charge on any atom is -0.372 e. The highest BCUT2D eigenvalue weighted by Gasteiger charge is 2.23. The Morgan fingerprint density at radius 3 is 3.05 bits per heavy atom. The average molecular weight is 280 g/mol. The van der Waals surface area contributed by atoms with Crippen molar-refractivity contribution in [3.05, 3.63) is 39.8 Å². The second-order valence-electron chi connectivity index (χ2n) is 4.69. The molecule has 0 bridgehead atoms. The van der Waals surface area contributed by atoms with Gasteiger partial charge < -0.3 is 10.3 Å². The number of H-pyrrole nitrogens is 1. The molecule has 0 unspecified atom stereocenters. The van der Waals surface area contributed by atoms with Crippen LogP contribution in [0.4, 0.5) is 5.69 Å². The zero-order valence-corrected chi connectivity index (χ0v) is 11.0. The van der Waals surface area contributed by atoms with Crippen molar-refractivity contribution in [2.75, 3.05) is 5.32 Å². The molecule has 2 heterocycles. The molecule has 6 nitrogen and oxygen atoms in total. The van der Waals surface area contributed by atoms with Gasteiger partial charge in [0.15, 0.2) is 0 Å². The summed E-state index contributed by atoms with van der Waals surface area (Å²) in [7, 11) is 0. The zero-order valence-electron chi connectivity index (χ0n) is 10.3. The van der Waals surface area contributed by atoms with Crippen LogP contribution in [-0.4, -0.2) is 19.7 Å². The number of rotatable bonds is 5. The van der Waals surface area contributed by atoms with E-state index in [0.717, 1.165) is 5.82 Å². The summed E-state index contributed by atoms with van der Waals surface area (Å²) in [6, 6.07) is 0. The number of hydrogen-bond donors (Lipinski definition) is 2. The van der Waals surface area contributed by atoms with Crippen molar-refractivity contribution in [3.8, 4) is 0 Å². The number of nitrogens with one attached hydrogen (secondary N) is 2. The molecular weight excluding hydrogens is 266 g/mol. The van der Waals surface area contributed by atoms with Gasteiger partial charge in [0.2, 0.25) is 0 Å². The molecule has 1 aliphatic carbocycles. The van der Waals surface area contributed by atoms with E-state index in [1.165, 1.54) is 23.7 Å². The number of halogens is 1. The second-order valence-corrected chi connectivity index (χ2v) is 5.09. The van der Waals surface area contributed by atoms with Crippen LogP contribution >= 0.6 is 11.6 Å². The lowest BCUT2D eigenvalue weighted by Gasteiger charge is -2.09. The Bertz CT molecular complexity index is 618. The molecule has 7 heteroatoms. The summed E-state index contributed by atoms with van der Waals surface area (Å²) in [5.41, 5.74) is 0.208. The predicted molar refractivity (Wildman–Crippen MR) is 72.1 cm³/mol. The van der Waals surface area contributed by atoms with E-state index in [0.29, 0.717) is 29.7 Å². The largest absolute Gasteiger partial charge is 0.372 e. The number of aromatic amines is 1. The van der Waals surface area contributed by atoms with Gasteiger partial charge in [0.1, 0.15) is 11.5 Å². The molecule has 2 aromatic heterocycles. The summed E-state index contributed by atoms with van der Waals surface area (Å²) in [5, 5.41) is 7.43. The molecule has 0 atom stereocenters. The number of anilines is 1. The van der Waals surface area contributed by atoms with Crippen LogP contribution in [0.15, 0.2) is 23.4 Å². The van der Waals surface area contributed by atoms with E-state index in [1.54, 1.807) is 12.4 Å². The first-order valence-electron chi connectivity index (χ1n) is 6.22. The van der Waals surface area contributed by atoms with Gasteiger partial charge in [-0.1, -0.05) is 11.6 Å². The van der Waals surface area contributed by atoms with Crippen LogP contribution in [0, 0.1) is 5.92 Å². The Morgan fingerprint density at radius 1 is 1.53 bits per heavy atom. The Labute approximate surface area is 114 Å². The molecule has 0 radical (unpaired) electrons. The minimum absolute atomic E-state index is 0.175. The molecule has 2 aromatic rings. The Morgan fingerprint density at radius 2 is 2.37 bits per heavy atom. The molecule has 2 N–H and O–H groups in total. The van der Waals surface area contributed by atoms with Crippen LogP contribution in [-0.2, 0) is 13.1 Å². The van der Waals surface area contributed by atoms with Gasteiger partial charge in [-0.2, -0.15) is 5.10 Å². The lowest BCUT2D eigenvalue weighted by Crippen LogP contribution is -2.26. The van der Waals surface area contributed by atoms with Crippen molar-refractivity contribution in [2.24, 2.45) is 5.92 Å². The molecule has 19 heavy (non-hydrogen) atoms. The second kappa shape index (κ2) is 5.05. The topological polar surface area (TPSA) is 75.6 Å². The van der Waals surface area contributed by atoms with Crippen LogP contribution < -0.4 is 10.9 Å². The van der Waals surface area contributed by atoms with E-state index in [9.17, 15) is 4.79 Å². The maximum Gasteiger partial charge on any atom is 0.291 e. The number of imidazole rings is 1. The monoisotopic (exact) mass is 279 g/mol. The molecular formula is C12H14ClN5O. The third-order valence-corrected chi connectivity index (χ3v) is 3.40. The van der Waals surface area contributed by atoms with Crippen molar-refractivity contribution in [3.63, 3.8) is 0 Å². The van der Waals surface area contributed by atoms with Crippen LogP contribution in [0.1, 0.15) is 18.7 Å². The third kappa shape index (κ3) is 2.78. The molecule has 1 aliphatic rings. The van der Waals surface area contributed by atoms with E-state index in [2.05, 4.69) is 20.4 Å². The standard InChI is InChI=1S/C12H14ClN5O/c13-9-5-17-18(7-8-1-2-8)12(19)11(9)16-6-10-14-3-4-15-10/h3-5,8,16H,1-2,6-7H2,(H,14,15). The normalized spacial score (nSPS) is 14.6.